The zero-order valence-electron chi connectivity index (χ0n) is 15.1. The van der Waals surface area contributed by atoms with Crippen molar-refractivity contribution in [2.45, 2.75) is 42.8 Å². The molecule has 1 aliphatic carbocycles. The summed E-state index contributed by atoms with van der Waals surface area (Å²) in [4.78, 5) is 30.2. The number of hydrogen-bond acceptors (Lipinski definition) is 4. The molecule has 0 unspecified atom stereocenters. The number of benzene rings is 2. The van der Waals surface area contributed by atoms with E-state index in [1.165, 1.54) is 11.8 Å². The number of carbonyl (C=O) groups is 1. The van der Waals surface area contributed by atoms with E-state index in [1.54, 1.807) is 10.6 Å². The maximum Gasteiger partial charge on any atom is 0.262 e. The van der Waals surface area contributed by atoms with Gasteiger partial charge in [-0.2, -0.15) is 0 Å². The third-order valence-electron chi connectivity index (χ3n) is 4.59. The number of fused-ring (bicyclic) bond motifs is 1. The molecule has 27 heavy (non-hydrogen) atoms. The second kappa shape index (κ2) is 7.56. The van der Waals surface area contributed by atoms with Crippen LogP contribution in [-0.2, 0) is 11.3 Å². The first-order chi connectivity index (χ1) is 13.1. The molecule has 3 aromatic rings. The molecular weight excluding hydrogens is 358 g/mol. The maximum absolute atomic E-state index is 13.1. The van der Waals surface area contributed by atoms with E-state index in [1.807, 2.05) is 55.5 Å². The third-order valence-corrected chi connectivity index (χ3v) is 5.68. The summed E-state index contributed by atoms with van der Waals surface area (Å²) in [6, 6.07) is 17.5. The number of nitrogens with one attached hydrogen (secondary N) is 1. The summed E-state index contributed by atoms with van der Waals surface area (Å²) in [5, 5.41) is 3.86. The van der Waals surface area contributed by atoms with Crippen LogP contribution in [0.1, 0.15) is 25.3 Å². The predicted octanol–water partition coefficient (Wildman–Crippen LogP) is 3.20. The van der Waals surface area contributed by atoms with Gasteiger partial charge in [0, 0.05) is 6.04 Å². The molecule has 1 heterocycles. The van der Waals surface area contributed by atoms with Gasteiger partial charge in [-0.3, -0.25) is 14.2 Å². The standard InChI is InChI=1S/C21H21N3O2S/c1-14(19(25)22-16-11-12-16)27-21-23-18-10-6-5-9-17(18)20(26)24(21)13-15-7-3-2-4-8-15/h2-10,14,16H,11-13H2,1H3,(H,22,25)/t14-/m1/s1. The van der Waals surface area contributed by atoms with E-state index in [9.17, 15) is 9.59 Å². The SMILES string of the molecule is C[C@@H](Sc1nc2ccccc2c(=O)n1Cc1ccccc1)C(=O)NC1CC1. The van der Waals surface area contributed by atoms with Crippen LogP contribution in [0, 0.1) is 0 Å². The summed E-state index contributed by atoms with van der Waals surface area (Å²) in [6.07, 6.45) is 2.10. The van der Waals surface area contributed by atoms with E-state index < -0.39 is 0 Å². The molecular formula is C21H21N3O2S. The van der Waals surface area contributed by atoms with Crippen LogP contribution in [0.15, 0.2) is 64.5 Å². The van der Waals surface area contributed by atoms with Gasteiger partial charge in [0.05, 0.1) is 22.7 Å². The topological polar surface area (TPSA) is 64.0 Å². The van der Waals surface area contributed by atoms with Crippen LogP contribution in [0.4, 0.5) is 0 Å². The van der Waals surface area contributed by atoms with Crippen LogP contribution in [0.5, 0.6) is 0 Å². The van der Waals surface area contributed by atoms with E-state index in [-0.39, 0.29) is 16.7 Å². The smallest absolute Gasteiger partial charge is 0.262 e. The summed E-state index contributed by atoms with van der Waals surface area (Å²) < 4.78 is 1.67. The lowest BCUT2D eigenvalue weighted by atomic mass is 10.2. The summed E-state index contributed by atoms with van der Waals surface area (Å²) in [6.45, 7) is 2.29. The van der Waals surface area contributed by atoms with Crippen molar-refractivity contribution in [1.82, 2.24) is 14.9 Å². The fourth-order valence-electron chi connectivity index (χ4n) is 2.90. The summed E-state index contributed by atoms with van der Waals surface area (Å²) in [5.74, 6) is -0.00355. The molecule has 0 bridgehead atoms. The highest BCUT2D eigenvalue weighted by Gasteiger charge is 2.27. The molecule has 0 spiro atoms. The summed E-state index contributed by atoms with van der Waals surface area (Å²) in [7, 11) is 0. The van der Waals surface area contributed by atoms with Crippen LogP contribution in [0.2, 0.25) is 0 Å². The van der Waals surface area contributed by atoms with E-state index >= 15 is 0 Å². The summed E-state index contributed by atoms with van der Waals surface area (Å²) >= 11 is 1.34. The fourth-order valence-corrected chi connectivity index (χ4v) is 3.82. The third kappa shape index (κ3) is 4.06. The molecule has 1 saturated carbocycles. The second-order valence-electron chi connectivity index (χ2n) is 6.83. The minimum absolute atomic E-state index is 0.00355. The Morgan fingerprint density at radius 2 is 1.89 bits per heavy atom. The minimum atomic E-state index is -0.319. The molecule has 0 radical (unpaired) electrons. The van der Waals surface area contributed by atoms with Gasteiger partial charge in [0.25, 0.3) is 5.56 Å². The molecule has 1 aliphatic rings. The van der Waals surface area contributed by atoms with Crippen molar-refractivity contribution < 1.29 is 4.79 Å². The first-order valence-electron chi connectivity index (χ1n) is 9.12. The van der Waals surface area contributed by atoms with Crippen LogP contribution < -0.4 is 10.9 Å². The predicted molar refractivity (Wildman–Crippen MR) is 108 cm³/mol. The molecule has 1 amide bonds. The fraction of sp³-hybridized carbons (Fsp3) is 0.286. The number of aromatic nitrogens is 2. The van der Waals surface area contributed by atoms with Crippen LogP contribution in [-0.4, -0.2) is 26.8 Å². The largest absolute Gasteiger partial charge is 0.352 e. The van der Waals surface area contributed by atoms with Gasteiger partial charge in [-0.1, -0.05) is 54.2 Å². The van der Waals surface area contributed by atoms with Crippen molar-refractivity contribution in [2.75, 3.05) is 0 Å². The Labute approximate surface area is 161 Å². The van der Waals surface area contributed by atoms with Crippen molar-refractivity contribution in [3.63, 3.8) is 0 Å². The average Bonchev–Trinajstić information content (AvgIpc) is 3.49. The molecule has 138 valence electrons. The lowest BCUT2D eigenvalue weighted by Crippen LogP contribution is -2.33. The Balaban J connectivity index is 1.71. The van der Waals surface area contributed by atoms with Crippen molar-refractivity contribution >= 4 is 28.6 Å². The number of rotatable bonds is 6. The zero-order valence-corrected chi connectivity index (χ0v) is 15.9. The molecule has 1 N–H and O–H groups in total. The van der Waals surface area contributed by atoms with Gasteiger partial charge >= 0.3 is 0 Å². The van der Waals surface area contributed by atoms with Gasteiger partial charge in [0.15, 0.2) is 5.16 Å². The van der Waals surface area contributed by atoms with Crippen molar-refractivity contribution in [2.24, 2.45) is 0 Å². The Kier molecular flexibility index (Phi) is 4.99. The first-order valence-corrected chi connectivity index (χ1v) is 10.0. The van der Waals surface area contributed by atoms with E-state index in [0.717, 1.165) is 18.4 Å². The molecule has 1 aromatic heterocycles. The lowest BCUT2D eigenvalue weighted by Gasteiger charge is -2.16. The first kappa shape index (κ1) is 17.8. The molecule has 4 rings (SSSR count). The molecule has 2 aromatic carbocycles. The Morgan fingerprint density at radius 1 is 1.19 bits per heavy atom. The normalized spacial score (nSPS) is 14.9. The van der Waals surface area contributed by atoms with Gasteiger partial charge in [-0.15, -0.1) is 0 Å². The monoisotopic (exact) mass is 379 g/mol. The minimum Gasteiger partial charge on any atom is -0.352 e. The highest BCUT2D eigenvalue weighted by molar-refractivity contribution is 8.00. The molecule has 1 atom stereocenters. The van der Waals surface area contributed by atoms with E-state index in [4.69, 9.17) is 4.98 Å². The second-order valence-corrected chi connectivity index (χ2v) is 8.14. The van der Waals surface area contributed by atoms with Crippen LogP contribution in [0.3, 0.4) is 0 Å². The quantitative estimate of drug-likeness (QED) is 0.528. The summed E-state index contributed by atoms with van der Waals surface area (Å²) in [5.41, 5.74) is 1.60. The van der Waals surface area contributed by atoms with Crippen molar-refractivity contribution in [1.29, 1.82) is 0 Å². The number of para-hydroxylation sites is 1. The van der Waals surface area contributed by atoms with Crippen molar-refractivity contribution in [3.8, 4) is 0 Å². The number of hydrogen-bond donors (Lipinski definition) is 1. The Bertz CT molecular complexity index is 1030. The highest BCUT2D eigenvalue weighted by Crippen LogP contribution is 2.25. The zero-order chi connectivity index (χ0) is 18.8. The number of thioether (sulfide) groups is 1. The Hall–Kier alpha value is -2.60. The van der Waals surface area contributed by atoms with Crippen LogP contribution in [0.25, 0.3) is 10.9 Å². The Morgan fingerprint density at radius 3 is 2.63 bits per heavy atom. The molecule has 1 fully saturated rings. The van der Waals surface area contributed by atoms with Gasteiger partial charge in [-0.05, 0) is 37.5 Å². The van der Waals surface area contributed by atoms with Crippen molar-refractivity contribution in [3.05, 3.63) is 70.5 Å². The number of carbonyl (C=O) groups excluding carboxylic acids is 1. The number of amides is 1. The van der Waals surface area contributed by atoms with Crippen LogP contribution >= 0.6 is 11.8 Å². The molecule has 0 saturated heterocycles. The highest BCUT2D eigenvalue weighted by atomic mass is 32.2. The average molecular weight is 379 g/mol. The van der Waals surface area contributed by atoms with Gasteiger partial charge in [0.2, 0.25) is 5.91 Å². The molecule has 5 nitrogen and oxygen atoms in total. The maximum atomic E-state index is 13.1. The van der Waals surface area contributed by atoms with Gasteiger partial charge in [0.1, 0.15) is 0 Å². The molecule has 6 heteroatoms. The lowest BCUT2D eigenvalue weighted by molar-refractivity contribution is -0.120. The number of nitrogens with zero attached hydrogens (tertiary/aromatic N) is 2. The molecule has 0 aliphatic heterocycles. The van der Waals surface area contributed by atoms with E-state index in [2.05, 4.69) is 5.32 Å². The van der Waals surface area contributed by atoms with E-state index in [0.29, 0.717) is 28.6 Å². The van der Waals surface area contributed by atoms with Gasteiger partial charge in [-0.25, -0.2) is 4.98 Å². The van der Waals surface area contributed by atoms with Gasteiger partial charge < -0.3 is 5.32 Å².